The van der Waals surface area contributed by atoms with Gasteiger partial charge in [-0.15, -0.1) is 0 Å². The Labute approximate surface area is 110 Å². The first-order valence-corrected chi connectivity index (χ1v) is 5.88. The van der Waals surface area contributed by atoms with Gasteiger partial charge in [0.1, 0.15) is 5.75 Å². The van der Waals surface area contributed by atoms with Crippen molar-refractivity contribution in [3.63, 3.8) is 0 Å². The van der Waals surface area contributed by atoms with E-state index in [0.717, 1.165) is 6.42 Å². The zero-order valence-corrected chi connectivity index (χ0v) is 10.6. The van der Waals surface area contributed by atoms with Gasteiger partial charge in [-0.1, -0.05) is 18.5 Å². The predicted octanol–water partition coefficient (Wildman–Crippen LogP) is 2.97. The number of alkyl halides is 1. The molecule has 0 amide bonds. The fourth-order valence-electron chi connectivity index (χ4n) is 1.11. The lowest BCUT2D eigenvalue weighted by Gasteiger charge is -2.05. The fourth-order valence-corrected chi connectivity index (χ4v) is 1.20. The van der Waals surface area contributed by atoms with Crippen LogP contribution in [0.5, 0.6) is 5.75 Å². The van der Waals surface area contributed by atoms with Crippen LogP contribution in [0.15, 0.2) is 24.3 Å². The first-order chi connectivity index (χ1) is 8.67. The molecule has 0 N–H and O–H groups in total. The van der Waals surface area contributed by atoms with E-state index < -0.39 is 12.1 Å². The van der Waals surface area contributed by atoms with E-state index in [0.29, 0.717) is 12.2 Å². The molecule has 0 atom stereocenters. The number of hydrogen-bond acceptors (Lipinski definition) is 5. The van der Waals surface area contributed by atoms with E-state index in [4.69, 9.17) is 21.1 Å². The highest BCUT2D eigenvalue weighted by molar-refractivity contribution is 6.17. The highest BCUT2D eigenvalue weighted by atomic mass is 35.5. The molecule has 0 saturated heterocycles. The van der Waals surface area contributed by atoms with Crippen LogP contribution in [0.25, 0.3) is 0 Å². The lowest BCUT2D eigenvalue weighted by atomic mass is 10.2. The molecule has 0 spiro atoms. The van der Waals surface area contributed by atoms with E-state index in [1.54, 1.807) is 0 Å². The van der Waals surface area contributed by atoms with Gasteiger partial charge in [0, 0.05) is 0 Å². The van der Waals surface area contributed by atoms with E-state index in [-0.39, 0.29) is 11.8 Å². The molecular formula is C12H13ClO5. The maximum absolute atomic E-state index is 11.5. The van der Waals surface area contributed by atoms with Crippen LogP contribution in [-0.4, -0.2) is 24.8 Å². The average Bonchev–Trinajstić information content (AvgIpc) is 2.37. The van der Waals surface area contributed by atoms with Gasteiger partial charge < -0.3 is 14.2 Å². The molecule has 1 rings (SSSR count). The predicted molar refractivity (Wildman–Crippen MR) is 64.8 cm³/mol. The number of halogens is 1. The Balaban J connectivity index is 2.57. The smallest absolute Gasteiger partial charge is 0.462 e. The van der Waals surface area contributed by atoms with Crippen molar-refractivity contribution in [3.8, 4) is 5.75 Å². The molecule has 0 fully saturated rings. The molecule has 0 heterocycles. The van der Waals surface area contributed by atoms with Crippen LogP contribution in [0.3, 0.4) is 0 Å². The summed E-state index contributed by atoms with van der Waals surface area (Å²) in [7, 11) is 0. The molecule has 0 radical (unpaired) electrons. The zero-order valence-electron chi connectivity index (χ0n) is 9.85. The monoisotopic (exact) mass is 272 g/mol. The molecule has 0 bridgehead atoms. The van der Waals surface area contributed by atoms with Gasteiger partial charge in [-0.3, -0.25) is 0 Å². The molecule has 5 nitrogen and oxygen atoms in total. The van der Waals surface area contributed by atoms with Gasteiger partial charge >= 0.3 is 12.1 Å². The van der Waals surface area contributed by atoms with Crippen LogP contribution >= 0.6 is 11.6 Å². The summed E-state index contributed by atoms with van der Waals surface area (Å²) in [6, 6.07) is 5.67. The van der Waals surface area contributed by atoms with Crippen molar-refractivity contribution >= 4 is 23.7 Å². The van der Waals surface area contributed by atoms with Crippen LogP contribution in [-0.2, 0) is 9.47 Å². The first-order valence-electron chi connectivity index (χ1n) is 5.35. The highest BCUT2D eigenvalue weighted by Crippen LogP contribution is 2.13. The Morgan fingerprint density at radius 1 is 1.17 bits per heavy atom. The third-order valence-electron chi connectivity index (χ3n) is 1.90. The second-order valence-corrected chi connectivity index (χ2v) is 3.48. The molecule has 0 saturated carbocycles. The van der Waals surface area contributed by atoms with Gasteiger partial charge in [0.05, 0.1) is 12.2 Å². The SMILES string of the molecule is CCCOC(=O)c1ccc(OC(=O)OCCl)cc1. The summed E-state index contributed by atoms with van der Waals surface area (Å²) in [4.78, 5) is 22.4. The van der Waals surface area contributed by atoms with Crippen molar-refractivity contribution in [2.45, 2.75) is 13.3 Å². The third kappa shape index (κ3) is 4.63. The summed E-state index contributed by atoms with van der Waals surface area (Å²) in [6.07, 6.45) is -0.136. The number of carbonyl (C=O) groups is 2. The summed E-state index contributed by atoms with van der Waals surface area (Å²) in [5.74, 6) is -0.149. The number of hydrogen-bond donors (Lipinski definition) is 0. The van der Waals surface area contributed by atoms with E-state index in [1.807, 2.05) is 6.92 Å². The fraction of sp³-hybridized carbons (Fsp3) is 0.333. The van der Waals surface area contributed by atoms with Crippen molar-refractivity contribution < 1.29 is 23.8 Å². The molecule has 0 aliphatic rings. The normalized spacial score (nSPS) is 9.67. The quantitative estimate of drug-likeness (QED) is 0.468. The molecule has 0 aliphatic heterocycles. The largest absolute Gasteiger partial charge is 0.515 e. The van der Waals surface area contributed by atoms with Gasteiger partial charge in [-0.25, -0.2) is 9.59 Å². The minimum Gasteiger partial charge on any atom is -0.462 e. The molecule has 18 heavy (non-hydrogen) atoms. The maximum Gasteiger partial charge on any atom is 0.515 e. The van der Waals surface area contributed by atoms with E-state index in [2.05, 4.69) is 4.74 Å². The third-order valence-corrected chi connectivity index (χ3v) is 2.01. The number of rotatable bonds is 5. The van der Waals surface area contributed by atoms with E-state index in [1.165, 1.54) is 24.3 Å². The summed E-state index contributed by atoms with van der Waals surface area (Å²) in [5, 5.41) is 0. The van der Waals surface area contributed by atoms with Crippen molar-refractivity contribution in [3.05, 3.63) is 29.8 Å². The molecule has 1 aromatic carbocycles. The van der Waals surface area contributed by atoms with Crippen LogP contribution in [0.4, 0.5) is 4.79 Å². The molecule has 1 aromatic rings. The van der Waals surface area contributed by atoms with Gasteiger partial charge in [-0.2, -0.15) is 0 Å². The van der Waals surface area contributed by atoms with Crippen LogP contribution < -0.4 is 4.74 Å². The second-order valence-electron chi connectivity index (χ2n) is 3.27. The molecule has 98 valence electrons. The van der Waals surface area contributed by atoms with Crippen LogP contribution in [0.2, 0.25) is 0 Å². The van der Waals surface area contributed by atoms with Crippen molar-refractivity contribution in [2.24, 2.45) is 0 Å². The van der Waals surface area contributed by atoms with Crippen molar-refractivity contribution in [2.75, 3.05) is 12.7 Å². The first kappa shape index (κ1) is 14.3. The molecule has 0 aromatic heterocycles. The van der Waals surface area contributed by atoms with Crippen LogP contribution in [0, 0.1) is 0 Å². The van der Waals surface area contributed by atoms with Gasteiger partial charge in [0.2, 0.25) is 0 Å². The highest BCUT2D eigenvalue weighted by Gasteiger charge is 2.09. The Bertz CT molecular complexity index is 401. The Morgan fingerprint density at radius 3 is 2.39 bits per heavy atom. The number of carbonyl (C=O) groups excluding carboxylic acids is 2. The summed E-state index contributed by atoms with van der Waals surface area (Å²) in [5.41, 5.74) is 0.390. The number of ether oxygens (including phenoxy) is 3. The topological polar surface area (TPSA) is 61.8 Å². The Morgan fingerprint density at radius 2 is 1.83 bits per heavy atom. The summed E-state index contributed by atoms with van der Waals surface area (Å²) in [6.45, 7) is 2.28. The summed E-state index contributed by atoms with van der Waals surface area (Å²) >= 11 is 5.19. The lowest BCUT2D eigenvalue weighted by molar-refractivity contribution is 0.0505. The van der Waals surface area contributed by atoms with Gasteiger partial charge in [0.15, 0.2) is 6.07 Å². The molecule has 6 heteroatoms. The number of benzene rings is 1. The van der Waals surface area contributed by atoms with Crippen molar-refractivity contribution in [1.29, 1.82) is 0 Å². The van der Waals surface area contributed by atoms with Gasteiger partial charge in [-0.05, 0) is 30.7 Å². The molecule has 0 unspecified atom stereocenters. The minimum absolute atomic E-state index is 0.261. The second kappa shape index (κ2) is 7.55. The number of esters is 1. The minimum atomic E-state index is -0.897. The Kier molecular flexibility index (Phi) is 6.00. The molecular weight excluding hydrogens is 260 g/mol. The standard InChI is InChI=1S/C12H13ClO5/c1-2-7-16-11(14)9-3-5-10(6-4-9)18-12(15)17-8-13/h3-6H,2,7-8H2,1H3. The summed E-state index contributed by atoms with van der Waals surface area (Å²) < 4.78 is 14.1. The average molecular weight is 273 g/mol. The zero-order chi connectivity index (χ0) is 13.4. The van der Waals surface area contributed by atoms with E-state index in [9.17, 15) is 9.59 Å². The Hall–Kier alpha value is -1.75. The maximum atomic E-state index is 11.5. The molecule has 0 aliphatic carbocycles. The van der Waals surface area contributed by atoms with Crippen molar-refractivity contribution in [1.82, 2.24) is 0 Å². The van der Waals surface area contributed by atoms with Crippen LogP contribution in [0.1, 0.15) is 23.7 Å². The van der Waals surface area contributed by atoms with Gasteiger partial charge in [0.25, 0.3) is 0 Å². The lowest BCUT2D eigenvalue weighted by Crippen LogP contribution is -2.10. The van der Waals surface area contributed by atoms with E-state index >= 15 is 0 Å².